The number of nitrogens with one attached hydrogen (secondary N) is 1. The van der Waals surface area contributed by atoms with E-state index in [1.807, 2.05) is 0 Å². The minimum atomic E-state index is 0.326. The minimum absolute atomic E-state index is 0.326. The highest BCUT2D eigenvalue weighted by atomic mass is 32.1. The fourth-order valence-electron chi connectivity index (χ4n) is 2.61. The topological polar surface area (TPSA) is 47.0 Å². The van der Waals surface area contributed by atoms with E-state index in [0.717, 1.165) is 41.9 Å². The second kappa shape index (κ2) is 5.95. The normalized spacial score (nSPS) is 15.9. The number of aromatic nitrogens is 2. The van der Waals surface area contributed by atoms with Gasteiger partial charge < -0.3 is 10.1 Å². The molecule has 1 fully saturated rings. The maximum absolute atomic E-state index is 6.15. The molecule has 0 bridgehead atoms. The average Bonchev–Trinajstić information content (AvgIpc) is 3.07. The molecule has 1 saturated carbocycles. The molecule has 0 spiro atoms. The first-order chi connectivity index (χ1) is 9.80. The van der Waals surface area contributed by atoms with Gasteiger partial charge >= 0.3 is 0 Å². The van der Waals surface area contributed by atoms with Crippen molar-refractivity contribution in [2.75, 3.05) is 11.9 Å². The fourth-order valence-corrected chi connectivity index (χ4v) is 3.57. The maximum Gasteiger partial charge on any atom is 0.227 e. The molecule has 1 aliphatic rings. The SMILES string of the molecule is CCNc1nc(OC2CCCC2)c2cc(CC)sc2n1. The largest absolute Gasteiger partial charge is 0.474 e. The minimum Gasteiger partial charge on any atom is -0.474 e. The van der Waals surface area contributed by atoms with Crippen LogP contribution in [0.15, 0.2) is 6.07 Å². The highest BCUT2D eigenvalue weighted by molar-refractivity contribution is 7.18. The van der Waals surface area contributed by atoms with Crippen LogP contribution in [-0.4, -0.2) is 22.6 Å². The number of nitrogens with zero attached hydrogens (tertiary/aromatic N) is 2. The summed E-state index contributed by atoms with van der Waals surface area (Å²) in [4.78, 5) is 11.5. The van der Waals surface area contributed by atoms with E-state index in [-0.39, 0.29) is 0 Å². The number of aryl methyl sites for hydroxylation is 1. The molecular weight excluding hydrogens is 270 g/mol. The average molecular weight is 291 g/mol. The molecule has 0 radical (unpaired) electrons. The van der Waals surface area contributed by atoms with E-state index in [4.69, 9.17) is 4.74 Å². The van der Waals surface area contributed by atoms with E-state index in [9.17, 15) is 0 Å². The van der Waals surface area contributed by atoms with E-state index in [1.54, 1.807) is 11.3 Å². The molecule has 2 aromatic rings. The van der Waals surface area contributed by atoms with Crippen molar-refractivity contribution in [3.05, 3.63) is 10.9 Å². The number of rotatable bonds is 5. The molecule has 3 rings (SSSR count). The van der Waals surface area contributed by atoms with Crippen LogP contribution >= 0.6 is 11.3 Å². The van der Waals surface area contributed by atoms with Gasteiger partial charge in [-0.2, -0.15) is 4.98 Å². The Morgan fingerprint density at radius 2 is 2.10 bits per heavy atom. The zero-order chi connectivity index (χ0) is 13.9. The molecule has 108 valence electrons. The lowest BCUT2D eigenvalue weighted by molar-refractivity contribution is 0.204. The first-order valence-electron chi connectivity index (χ1n) is 7.51. The van der Waals surface area contributed by atoms with Gasteiger partial charge in [0.2, 0.25) is 11.8 Å². The summed E-state index contributed by atoms with van der Waals surface area (Å²) in [5, 5.41) is 4.27. The van der Waals surface area contributed by atoms with E-state index < -0.39 is 0 Å². The molecule has 20 heavy (non-hydrogen) atoms. The molecule has 0 aromatic carbocycles. The van der Waals surface area contributed by atoms with Gasteiger partial charge in [0.05, 0.1) is 5.39 Å². The molecule has 0 amide bonds. The standard InChI is InChI=1S/C15H21N3OS/c1-3-11-9-12-13(19-10-7-5-6-8-10)17-15(16-4-2)18-14(12)20-11/h9-10H,3-8H2,1-2H3,(H,16,17,18). The molecule has 0 saturated heterocycles. The number of hydrogen-bond acceptors (Lipinski definition) is 5. The van der Waals surface area contributed by atoms with Gasteiger partial charge in [-0.1, -0.05) is 6.92 Å². The molecule has 0 aliphatic heterocycles. The molecule has 4 nitrogen and oxygen atoms in total. The van der Waals surface area contributed by atoms with Gasteiger partial charge in [-0.15, -0.1) is 11.3 Å². The Morgan fingerprint density at radius 1 is 1.30 bits per heavy atom. The highest BCUT2D eigenvalue weighted by Gasteiger charge is 2.20. The van der Waals surface area contributed by atoms with Crippen LogP contribution in [0.3, 0.4) is 0 Å². The van der Waals surface area contributed by atoms with Crippen LogP contribution < -0.4 is 10.1 Å². The van der Waals surface area contributed by atoms with E-state index in [1.165, 1.54) is 17.7 Å². The van der Waals surface area contributed by atoms with Crippen molar-refractivity contribution in [3.63, 3.8) is 0 Å². The number of anilines is 1. The predicted molar refractivity (Wildman–Crippen MR) is 83.8 cm³/mol. The van der Waals surface area contributed by atoms with Gasteiger partial charge in [-0.05, 0) is 45.1 Å². The van der Waals surface area contributed by atoms with E-state index in [2.05, 4.69) is 35.2 Å². The van der Waals surface area contributed by atoms with Crippen LogP contribution in [0.5, 0.6) is 5.88 Å². The molecule has 0 unspecified atom stereocenters. The number of hydrogen-bond donors (Lipinski definition) is 1. The smallest absolute Gasteiger partial charge is 0.227 e. The summed E-state index contributed by atoms with van der Waals surface area (Å²) in [7, 11) is 0. The third-order valence-corrected chi connectivity index (χ3v) is 4.85. The van der Waals surface area contributed by atoms with Gasteiger partial charge in [0.1, 0.15) is 10.9 Å². The van der Waals surface area contributed by atoms with Crippen molar-refractivity contribution in [1.82, 2.24) is 9.97 Å². The van der Waals surface area contributed by atoms with Crippen LogP contribution in [0.2, 0.25) is 0 Å². The van der Waals surface area contributed by atoms with Crippen LogP contribution in [-0.2, 0) is 6.42 Å². The van der Waals surface area contributed by atoms with Gasteiger partial charge in [0.15, 0.2) is 0 Å². The third kappa shape index (κ3) is 2.73. The van der Waals surface area contributed by atoms with Crippen LogP contribution in [0.25, 0.3) is 10.2 Å². The van der Waals surface area contributed by atoms with E-state index in [0.29, 0.717) is 12.1 Å². The molecular formula is C15H21N3OS. The maximum atomic E-state index is 6.15. The summed E-state index contributed by atoms with van der Waals surface area (Å²) in [6.45, 7) is 5.04. The summed E-state index contributed by atoms with van der Waals surface area (Å²) in [5.74, 6) is 1.44. The Morgan fingerprint density at radius 3 is 2.80 bits per heavy atom. The Labute approximate surface area is 123 Å². The van der Waals surface area contributed by atoms with E-state index >= 15 is 0 Å². The lowest BCUT2D eigenvalue weighted by Gasteiger charge is -2.13. The van der Waals surface area contributed by atoms with Crippen molar-refractivity contribution >= 4 is 27.5 Å². The quantitative estimate of drug-likeness (QED) is 0.904. The molecule has 0 atom stereocenters. The molecule has 2 heterocycles. The van der Waals surface area contributed by atoms with Crippen LogP contribution in [0.1, 0.15) is 44.4 Å². The van der Waals surface area contributed by atoms with Gasteiger partial charge in [0, 0.05) is 11.4 Å². The van der Waals surface area contributed by atoms with Gasteiger partial charge in [-0.3, -0.25) is 0 Å². The zero-order valence-electron chi connectivity index (χ0n) is 12.1. The lowest BCUT2D eigenvalue weighted by atomic mass is 10.3. The van der Waals surface area contributed by atoms with Crippen molar-refractivity contribution < 1.29 is 4.74 Å². The first kappa shape index (κ1) is 13.6. The summed E-state index contributed by atoms with van der Waals surface area (Å²) in [5.41, 5.74) is 0. The second-order valence-electron chi connectivity index (χ2n) is 5.19. The summed E-state index contributed by atoms with van der Waals surface area (Å²) in [6.07, 6.45) is 6.18. The van der Waals surface area contributed by atoms with Gasteiger partial charge in [-0.25, -0.2) is 4.98 Å². The summed E-state index contributed by atoms with van der Waals surface area (Å²) >= 11 is 1.74. The van der Waals surface area contributed by atoms with Crippen LogP contribution in [0.4, 0.5) is 5.95 Å². The summed E-state index contributed by atoms with van der Waals surface area (Å²) < 4.78 is 6.15. The zero-order valence-corrected chi connectivity index (χ0v) is 12.9. The Balaban J connectivity index is 1.98. The van der Waals surface area contributed by atoms with Gasteiger partial charge in [0.25, 0.3) is 0 Å². The van der Waals surface area contributed by atoms with Crippen LogP contribution in [0, 0.1) is 0 Å². The molecule has 1 N–H and O–H groups in total. The molecule has 2 aromatic heterocycles. The van der Waals surface area contributed by atoms with Crippen molar-refractivity contribution in [1.29, 1.82) is 0 Å². The number of fused-ring (bicyclic) bond motifs is 1. The number of ether oxygens (including phenoxy) is 1. The predicted octanol–water partition coefficient (Wildman–Crippen LogP) is 4.01. The molecule has 5 heteroatoms. The monoisotopic (exact) mass is 291 g/mol. The van der Waals surface area contributed by atoms with Crippen molar-refractivity contribution in [3.8, 4) is 5.88 Å². The summed E-state index contributed by atoms with van der Waals surface area (Å²) in [6, 6.07) is 2.18. The Kier molecular flexibility index (Phi) is 4.05. The lowest BCUT2D eigenvalue weighted by Crippen LogP contribution is -2.13. The molecule has 1 aliphatic carbocycles. The highest BCUT2D eigenvalue weighted by Crippen LogP contribution is 2.34. The Hall–Kier alpha value is -1.36. The first-order valence-corrected chi connectivity index (χ1v) is 8.32. The Bertz CT molecular complexity index is 590. The number of thiophene rings is 1. The fraction of sp³-hybridized carbons (Fsp3) is 0.600. The third-order valence-electron chi connectivity index (χ3n) is 3.67. The van der Waals surface area contributed by atoms with Crippen molar-refractivity contribution in [2.45, 2.75) is 52.1 Å². The second-order valence-corrected chi connectivity index (χ2v) is 6.31. The van der Waals surface area contributed by atoms with Crippen molar-refractivity contribution in [2.24, 2.45) is 0 Å².